The number of rotatable bonds is 2. The maximum atomic E-state index is 11.1. The molecule has 0 aromatic carbocycles. The number of hydrogen-bond acceptors (Lipinski definition) is 6. The van der Waals surface area contributed by atoms with Crippen LogP contribution in [0.3, 0.4) is 0 Å². The molecule has 26 heavy (non-hydrogen) atoms. The first-order valence-electron chi connectivity index (χ1n) is 8.06. The van der Waals surface area contributed by atoms with Crippen LogP contribution in [0.2, 0.25) is 0 Å². The van der Waals surface area contributed by atoms with Gasteiger partial charge in [-0.2, -0.15) is 5.26 Å². The van der Waals surface area contributed by atoms with Crippen LogP contribution in [-0.4, -0.2) is 28.0 Å². The summed E-state index contributed by atoms with van der Waals surface area (Å²) in [6.07, 6.45) is 8.12. The summed E-state index contributed by atoms with van der Waals surface area (Å²) in [5, 5.41) is 20.0. The number of nitrogens with zero attached hydrogens (tertiary/aromatic N) is 5. The van der Waals surface area contributed by atoms with Crippen molar-refractivity contribution in [2.45, 2.75) is 12.8 Å². The summed E-state index contributed by atoms with van der Waals surface area (Å²) >= 11 is 0. The second-order valence-corrected chi connectivity index (χ2v) is 5.74. The van der Waals surface area contributed by atoms with Crippen LogP contribution >= 0.6 is 0 Å². The Balaban J connectivity index is 1.66. The number of nitriles is 1. The van der Waals surface area contributed by atoms with Crippen LogP contribution in [0.5, 0.6) is 0 Å². The van der Waals surface area contributed by atoms with Crippen molar-refractivity contribution in [3.63, 3.8) is 0 Å². The number of allylic oxidation sites excluding steroid dienone is 1. The third kappa shape index (κ3) is 4.03. The molecule has 1 saturated heterocycles. The van der Waals surface area contributed by atoms with Crippen molar-refractivity contribution in [3.8, 4) is 17.9 Å². The average Bonchev–Trinajstić information content (AvgIpc) is 2.68. The van der Waals surface area contributed by atoms with Crippen LogP contribution in [0.1, 0.15) is 24.0 Å². The van der Waals surface area contributed by atoms with E-state index >= 15 is 0 Å². The summed E-state index contributed by atoms with van der Waals surface area (Å²) in [4.78, 5) is 20.8. The second kappa shape index (κ2) is 7.91. The Morgan fingerprint density at radius 2 is 2.04 bits per heavy atom. The first-order valence-corrected chi connectivity index (χ1v) is 8.06. The van der Waals surface area contributed by atoms with E-state index < -0.39 is 4.92 Å². The van der Waals surface area contributed by atoms with Gasteiger partial charge in [0.05, 0.1) is 10.5 Å². The predicted molar refractivity (Wildman–Crippen MR) is 96.3 cm³/mol. The van der Waals surface area contributed by atoms with Crippen molar-refractivity contribution in [2.75, 3.05) is 18.0 Å². The first kappa shape index (κ1) is 17.1. The molecule has 0 saturated carbocycles. The van der Waals surface area contributed by atoms with Crippen LogP contribution in [0.4, 0.5) is 11.5 Å². The Labute approximate surface area is 150 Å². The quantitative estimate of drug-likeness (QED) is 0.472. The van der Waals surface area contributed by atoms with Gasteiger partial charge in [-0.1, -0.05) is 17.4 Å². The lowest BCUT2D eigenvalue weighted by Gasteiger charge is -2.28. The van der Waals surface area contributed by atoms with Crippen LogP contribution < -0.4 is 4.90 Å². The number of piperidine rings is 1. The standard InChI is InChI=1S/C19H15N5O2/c20-12-17-11-16(13-21-14-17)4-1-3-15-6-9-23(10-7-15)19-18(24(25)26)5-2-8-22-19/h2-3,5,8,11,13-14H,6-7,9-10H2. The maximum Gasteiger partial charge on any atom is 0.311 e. The van der Waals surface area contributed by atoms with Gasteiger partial charge in [-0.25, -0.2) is 4.98 Å². The molecule has 0 bridgehead atoms. The highest BCUT2D eigenvalue weighted by molar-refractivity contribution is 5.58. The molecule has 0 unspecified atom stereocenters. The van der Waals surface area contributed by atoms with E-state index in [9.17, 15) is 10.1 Å². The molecule has 0 radical (unpaired) electrons. The Morgan fingerprint density at radius 1 is 1.27 bits per heavy atom. The van der Waals surface area contributed by atoms with Crippen molar-refractivity contribution >= 4 is 11.5 Å². The number of nitro groups is 1. The number of pyridine rings is 2. The van der Waals surface area contributed by atoms with Gasteiger partial charge in [0.2, 0.25) is 5.82 Å². The molecule has 3 rings (SSSR count). The zero-order valence-electron chi connectivity index (χ0n) is 13.9. The zero-order valence-corrected chi connectivity index (χ0v) is 13.9. The fraction of sp³-hybridized carbons (Fsp3) is 0.211. The number of hydrogen-bond donors (Lipinski definition) is 0. The molecule has 1 aliphatic heterocycles. The molecule has 7 nitrogen and oxygen atoms in total. The predicted octanol–water partition coefficient (Wildman–Crippen LogP) is 2.83. The number of aromatic nitrogens is 2. The summed E-state index contributed by atoms with van der Waals surface area (Å²) in [5.41, 5.74) is 2.40. The highest BCUT2D eigenvalue weighted by atomic mass is 16.6. The molecular formula is C19H15N5O2. The van der Waals surface area contributed by atoms with E-state index in [1.54, 1.807) is 24.5 Å². The van der Waals surface area contributed by atoms with Crippen LogP contribution in [0.15, 0.2) is 48.4 Å². The SMILES string of the molecule is N#Cc1cncc(C#CC=C2CCN(c3ncccc3[N+](=O)[O-])CC2)c1. The fourth-order valence-corrected chi connectivity index (χ4v) is 2.72. The molecule has 0 N–H and O–H groups in total. The maximum absolute atomic E-state index is 11.1. The summed E-state index contributed by atoms with van der Waals surface area (Å²) in [5.74, 6) is 6.40. The fourth-order valence-electron chi connectivity index (χ4n) is 2.72. The molecule has 1 fully saturated rings. The van der Waals surface area contributed by atoms with E-state index in [4.69, 9.17) is 5.26 Å². The molecule has 2 aromatic rings. The van der Waals surface area contributed by atoms with Crippen molar-refractivity contribution in [2.24, 2.45) is 0 Å². The Morgan fingerprint density at radius 3 is 2.77 bits per heavy atom. The van der Waals surface area contributed by atoms with E-state index in [2.05, 4.69) is 21.8 Å². The summed E-state index contributed by atoms with van der Waals surface area (Å²) < 4.78 is 0. The highest BCUT2D eigenvalue weighted by Gasteiger charge is 2.23. The minimum atomic E-state index is -0.400. The lowest BCUT2D eigenvalue weighted by Crippen LogP contribution is -2.31. The molecule has 7 heteroatoms. The minimum absolute atomic E-state index is 0.0320. The van der Waals surface area contributed by atoms with Gasteiger partial charge < -0.3 is 4.90 Å². The highest BCUT2D eigenvalue weighted by Crippen LogP contribution is 2.28. The molecule has 0 spiro atoms. The van der Waals surface area contributed by atoms with Crippen molar-refractivity contribution < 1.29 is 4.92 Å². The zero-order chi connectivity index (χ0) is 18.4. The molecule has 2 aromatic heterocycles. The van der Waals surface area contributed by atoms with Crippen LogP contribution in [-0.2, 0) is 0 Å². The van der Waals surface area contributed by atoms with Gasteiger partial charge in [-0.3, -0.25) is 15.1 Å². The van der Waals surface area contributed by atoms with Gasteiger partial charge in [-0.05, 0) is 31.1 Å². The molecule has 3 heterocycles. The molecule has 128 valence electrons. The molecule has 0 atom stereocenters. The first-order chi connectivity index (χ1) is 12.7. The second-order valence-electron chi connectivity index (χ2n) is 5.74. The normalized spacial score (nSPS) is 13.3. The molecule has 1 aliphatic rings. The van der Waals surface area contributed by atoms with Gasteiger partial charge in [0, 0.05) is 43.3 Å². The van der Waals surface area contributed by atoms with Crippen molar-refractivity contribution in [3.05, 3.63) is 69.7 Å². The van der Waals surface area contributed by atoms with E-state index in [0.717, 1.165) is 12.8 Å². The number of anilines is 1. The van der Waals surface area contributed by atoms with Crippen LogP contribution in [0, 0.1) is 33.3 Å². The third-order valence-electron chi connectivity index (χ3n) is 4.03. The Hall–Kier alpha value is -3.71. The van der Waals surface area contributed by atoms with E-state index in [1.165, 1.54) is 17.8 Å². The van der Waals surface area contributed by atoms with Gasteiger partial charge in [0.15, 0.2) is 0 Å². The molecule has 0 amide bonds. The third-order valence-corrected chi connectivity index (χ3v) is 4.03. The summed E-state index contributed by atoms with van der Waals surface area (Å²) in [6, 6.07) is 6.78. The van der Waals surface area contributed by atoms with Crippen molar-refractivity contribution in [1.82, 2.24) is 9.97 Å². The van der Waals surface area contributed by atoms with E-state index in [1.807, 2.05) is 17.0 Å². The molecule has 0 aliphatic carbocycles. The smallest absolute Gasteiger partial charge is 0.311 e. The average molecular weight is 345 g/mol. The monoisotopic (exact) mass is 345 g/mol. The van der Waals surface area contributed by atoms with Gasteiger partial charge in [0.25, 0.3) is 0 Å². The van der Waals surface area contributed by atoms with Crippen molar-refractivity contribution in [1.29, 1.82) is 5.26 Å². The Bertz CT molecular complexity index is 956. The lowest BCUT2D eigenvalue weighted by atomic mass is 10.0. The van der Waals surface area contributed by atoms with Crippen LogP contribution in [0.25, 0.3) is 0 Å². The van der Waals surface area contributed by atoms with Gasteiger partial charge in [-0.15, -0.1) is 0 Å². The lowest BCUT2D eigenvalue weighted by molar-refractivity contribution is -0.384. The largest absolute Gasteiger partial charge is 0.350 e. The topological polar surface area (TPSA) is 96.0 Å². The van der Waals surface area contributed by atoms with E-state index in [0.29, 0.717) is 30.0 Å². The molecular weight excluding hydrogens is 330 g/mol. The van der Waals surface area contributed by atoms with Gasteiger partial charge >= 0.3 is 5.69 Å². The van der Waals surface area contributed by atoms with E-state index in [-0.39, 0.29) is 5.69 Å². The summed E-state index contributed by atoms with van der Waals surface area (Å²) in [6.45, 7) is 1.33. The Kier molecular flexibility index (Phi) is 5.21. The van der Waals surface area contributed by atoms with Gasteiger partial charge in [0.1, 0.15) is 6.07 Å². The summed E-state index contributed by atoms with van der Waals surface area (Å²) in [7, 11) is 0. The minimum Gasteiger partial charge on any atom is -0.350 e.